The molecule has 4 atom stereocenters. The molecule has 19 heavy (non-hydrogen) atoms. The van der Waals surface area contributed by atoms with Crippen LogP contribution in [0.25, 0.3) is 0 Å². The molecule has 2 unspecified atom stereocenters. The van der Waals surface area contributed by atoms with E-state index in [1.165, 1.54) is 6.34 Å². The lowest BCUT2D eigenvalue weighted by atomic mass is 10.2. The predicted octanol–water partition coefficient (Wildman–Crippen LogP) is -0.789. The van der Waals surface area contributed by atoms with Gasteiger partial charge in [0.1, 0.15) is 6.23 Å². The van der Waals surface area contributed by atoms with Crippen molar-refractivity contribution < 1.29 is 14.6 Å². The van der Waals surface area contributed by atoms with Crippen LogP contribution in [0.15, 0.2) is 15.0 Å². The van der Waals surface area contributed by atoms with Crippen molar-refractivity contribution in [2.24, 2.45) is 20.7 Å². The number of fused-ring (bicyclic) bond motifs is 1. The Morgan fingerprint density at radius 2 is 2.37 bits per heavy atom. The first-order valence-electron chi connectivity index (χ1n) is 5.75. The van der Waals surface area contributed by atoms with Crippen molar-refractivity contribution in [2.75, 3.05) is 0 Å². The van der Waals surface area contributed by atoms with Gasteiger partial charge in [0, 0.05) is 6.42 Å². The van der Waals surface area contributed by atoms with Crippen molar-refractivity contribution in [2.45, 2.75) is 35.3 Å². The fourth-order valence-electron chi connectivity index (χ4n) is 2.20. The molecule has 102 valence electrons. The summed E-state index contributed by atoms with van der Waals surface area (Å²) in [7, 11) is 0. The second-order valence-electron chi connectivity index (χ2n) is 4.58. The second-order valence-corrected chi connectivity index (χ2v) is 6.14. The van der Waals surface area contributed by atoms with E-state index in [1.807, 2.05) is 22.6 Å². The topological polar surface area (TPSA) is 113 Å². The van der Waals surface area contributed by atoms with E-state index in [9.17, 15) is 9.90 Å². The van der Waals surface area contributed by atoms with Gasteiger partial charge in [0.2, 0.25) is 9.51 Å². The van der Waals surface area contributed by atoms with E-state index in [0.29, 0.717) is 12.3 Å². The summed E-state index contributed by atoms with van der Waals surface area (Å²) in [6, 6.07) is 0. The summed E-state index contributed by atoms with van der Waals surface area (Å²) in [5.41, 5.74) is 5.52. The highest BCUT2D eigenvalue weighted by Gasteiger charge is 2.52. The highest BCUT2D eigenvalue weighted by atomic mass is 127. The molecular weight excluding hydrogens is 365 g/mol. The van der Waals surface area contributed by atoms with E-state index >= 15 is 0 Å². The van der Waals surface area contributed by atoms with E-state index in [4.69, 9.17) is 10.5 Å². The summed E-state index contributed by atoms with van der Waals surface area (Å²) in [4.78, 5) is 25.4. The van der Waals surface area contributed by atoms with E-state index in [-0.39, 0.29) is 12.1 Å². The summed E-state index contributed by atoms with van der Waals surface area (Å²) in [6.07, 6.45) is 0.696. The van der Waals surface area contributed by atoms with Crippen LogP contribution in [0.5, 0.6) is 0 Å². The minimum atomic E-state index is -1.17. The molecule has 1 fully saturated rings. The number of nitrogens with two attached hydrogens (primary N) is 1. The summed E-state index contributed by atoms with van der Waals surface area (Å²) in [6.45, 7) is 1.79. The maximum Gasteiger partial charge on any atom is 0.294 e. The molecule has 1 amide bonds. The number of nitrogens with zero attached hydrogens (tertiary/aromatic N) is 4. The maximum absolute atomic E-state index is 11.9. The smallest absolute Gasteiger partial charge is 0.294 e. The van der Waals surface area contributed by atoms with E-state index in [2.05, 4.69) is 15.0 Å². The van der Waals surface area contributed by atoms with Crippen molar-refractivity contribution in [3.05, 3.63) is 0 Å². The predicted molar refractivity (Wildman–Crippen MR) is 76.1 cm³/mol. The molecule has 0 aromatic rings. The van der Waals surface area contributed by atoms with E-state index in [0.717, 1.165) is 0 Å². The number of aliphatic imine (C=N–C) groups is 3. The van der Waals surface area contributed by atoms with Gasteiger partial charge in [-0.3, -0.25) is 9.69 Å². The number of alkyl halides is 1. The van der Waals surface area contributed by atoms with E-state index in [1.54, 1.807) is 11.8 Å². The van der Waals surface area contributed by atoms with Crippen LogP contribution in [0.2, 0.25) is 0 Å². The van der Waals surface area contributed by atoms with Gasteiger partial charge in [-0.05, 0) is 29.5 Å². The summed E-state index contributed by atoms with van der Waals surface area (Å²) < 4.78 is 4.46. The van der Waals surface area contributed by atoms with E-state index < -0.39 is 21.8 Å². The molecule has 9 heteroatoms. The highest BCUT2D eigenvalue weighted by molar-refractivity contribution is 14.1. The molecular formula is C10H12IN5O3. The standard InChI is InChI=1S/C10H12IN5O3/c1-4-5(17)2-6(19-4)16-3-13-10(11)7(16)14-9(12)15-8(10)18/h3-6,17H,2H2,1H3,(H2,12,15,18)/t4-,5?,6-,10?/m1/s1. The molecule has 3 aliphatic rings. The van der Waals surface area contributed by atoms with Gasteiger partial charge in [0.15, 0.2) is 5.84 Å². The molecule has 0 radical (unpaired) electrons. The van der Waals surface area contributed by atoms with Gasteiger partial charge in [0.25, 0.3) is 5.91 Å². The average molecular weight is 377 g/mol. The molecule has 0 aliphatic carbocycles. The lowest BCUT2D eigenvalue weighted by Crippen LogP contribution is -2.49. The number of halogens is 1. The maximum atomic E-state index is 11.9. The third-order valence-electron chi connectivity index (χ3n) is 3.29. The summed E-state index contributed by atoms with van der Waals surface area (Å²) >= 11 is 1.89. The van der Waals surface area contributed by atoms with Crippen LogP contribution in [0, 0.1) is 0 Å². The molecule has 0 spiro atoms. The Labute approximate surface area is 122 Å². The van der Waals surface area contributed by atoms with Gasteiger partial charge in [-0.1, -0.05) is 0 Å². The molecule has 0 aromatic carbocycles. The molecule has 3 rings (SSSR count). The zero-order valence-electron chi connectivity index (χ0n) is 10.0. The number of guanidine groups is 1. The summed E-state index contributed by atoms with van der Waals surface area (Å²) in [5.74, 6) is -0.160. The van der Waals surface area contributed by atoms with Gasteiger partial charge in [-0.15, -0.1) is 0 Å². The Morgan fingerprint density at radius 3 is 3.00 bits per heavy atom. The number of carbonyl (C=O) groups excluding carboxylic acids is 1. The van der Waals surface area contributed by atoms with Crippen molar-refractivity contribution in [1.29, 1.82) is 0 Å². The zero-order chi connectivity index (χ0) is 13.8. The lowest BCUT2D eigenvalue weighted by molar-refractivity contribution is -0.118. The molecule has 3 heterocycles. The molecule has 8 nitrogen and oxygen atoms in total. The normalized spacial score (nSPS) is 41.3. The van der Waals surface area contributed by atoms with Crippen molar-refractivity contribution in [3.8, 4) is 0 Å². The third-order valence-corrected chi connectivity index (χ3v) is 4.51. The van der Waals surface area contributed by atoms with Gasteiger partial charge >= 0.3 is 0 Å². The Morgan fingerprint density at radius 1 is 1.63 bits per heavy atom. The van der Waals surface area contributed by atoms with Crippen molar-refractivity contribution >= 4 is 46.6 Å². The quantitative estimate of drug-likeness (QED) is 0.353. The summed E-state index contributed by atoms with van der Waals surface area (Å²) in [5, 5.41) is 9.74. The van der Waals surface area contributed by atoms with Crippen molar-refractivity contribution in [3.63, 3.8) is 0 Å². The number of hydrogen-bond acceptors (Lipinski definition) is 7. The number of carbonyl (C=O) groups is 1. The molecule has 0 saturated carbocycles. The fraction of sp³-hybridized carbons (Fsp3) is 0.600. The van der Waals surface area contributed by atoms with Crippen LogP contribution in [0.3, 0.4) is 0 Å². The molecule has 0 bridgehead atoms. The number of aliphatic hydroxyl groups is 1. The van der Waals surface area contributed by atoms with Crippen molar-refractivity contribution in [1.82, 2.24) is 4.90 Å². The Hall–Kier alpha value is -1.07. The minimum absolute atomic E-state index is 0.0885. The number of ether oxygens (including phenoxy) is 1. The van der Waals surface area contributed by atoms with Gasteiger partial charge in [0.05, 0.1) is 18.5 Å². The van der Waals surface area contributed by atoms with Gasteiger partial charge in [-0.2, -0.15) is 9.98 Å². The number of hydrogen-bond donors (Lipinski definition) is 2. The zero-order valence-corrected chi connectivity index (χ0v) is 12.2. The second kappa shape index (κ2) is 4.21. The molecule has 3 N–H and O–H groups in total. The van der Waals surface area contributed by atoms with Crippen LogP contribution >= 0.6 is 22.6 Å². The lowest BCUT2D eigenvalue weighted by Gasteiger charge is -2.28. The fourth-order valence-corrected chi connectivity index (χ4v) is 2.85. The first-order valence-corrected chi connectivity index (χ1v) is 6.83. The first kappa shape index (κ1) is 12.9. The Balaban J connectivity index is 1.92. The van der Waals surface area contributed by atoms with Crippen LogP contribution in [0.4, 0.5) is 0 Å². The van der Waals surface area contributed by atoms with Crippen LogP contribution < -0.4 is 5.73 Å². The van der Waals surface area contributed by atoms with Crippen LogP contribution in [0.1, 0.15) is 13.3 Å². The Bertz CT molecular complexity index is 523. The third kappa shape index (κ3) is 1.87. The SMILES string of the molecule is C[C@H]1O[C@@H](N2C=NC3(I)C(=O)N=C(N)N=C23)CC1O. The molecule has 1 saturated heterocycles. The minimum Gasteiger partial charge on any atom is -0.390 e. The largest absolute Gasteiger partial charge is 0.390 e. The highest BCUT2D eigenvalue weighted by Crippen LogP contribution is 2.35. The van der Waals surface area contributed by atoms with Crippen LogP contribution in [-0.2, 0) is 9.53 Å². The van der Waals surface area contributed by atoms with Gasteiger partial charge < -0.3 is 15.6 Å². The molecule has 0 aromatic heterocycles. The molecule has 3 aliphatic heterocycles. The number of aliphatic hydroxyl groups excluding tert-OH is 1. The van der Waals surface area contributed by atoms with Crippen LogP contribution in [-0.4, -0.2) is 56.0 Å². The van der Waals surface area contributed by atoms with Gasteiger partial charge in [-0.25, -0.2) is 4.99 Å². The number of rotatable bonds is 1. The Kier molecular flexibility index (Phi) is 2.87. The first-order chi connectivity index (χ1) is 8.91. The number of amides is 1. The monoisotopic (exact) mass is 377 g/mol. The average Bonchev–Trinajstić information content (AvgIpc) is 2.82. The number of amidine groups is 1.